The van der Waals surface area contributed by atoms with Gasteiger partial charge in [-0.15, -0.1) is 0 Å². The normalized spacial score (nSPS) is 23.4. The van der Waals surface area contributed by atoms with Crippen LogP contribution in [0.3, 0.4) is 0 Å². The van der Waals surface area contributed by atoms with Gasteiger partial charge >= 0.3 is 0 Å². The van der Waals surface area contributed by atoms with Gasteiger partial charge in [-0.05, 0) is 33.0 Å². The molecule has 1 saturated heterocycles. The minimum Gasteiger partial charge on any atom is -0.314 e. The summed E-state index contributed by atoms with van der Waals surface area (Å²) in [6, 6.07) is 0.629. The third-order valence-electron chi connectivity index (χ3n) is 3.72. The summed E-state index contributed by atoms with van der Waals surface area (Å²) in [5, 5.41) is 3.23. The Hall–Kier alpha value is -0.170. The van der Waals surface area contributed by atoms with E-state index in [1.807, 2.05) is 0 Å². The molecule has 1 rings (SSSR count). The first-order chi connectivity index (χ1) is 8.92. The van der Waals surface area contributed by atoms with Crippen LogP contribution in [-0.2, 0) is 9.84 Å². The molecular weight excluding hydrogens is 262 g/mol. The van der Waals surface area contributed by atoms with Crippen molar-refractivity contribution in [3.8, 4) is 0 Å². The molecule has 1 aliphatic rings. The highest BCUT2D eigenvalue weighted by atomic mass is 32.2. The van der Waals surface area contributed by atoms with E-state index in [0.29, 0.717) is 12.6 Å². The highest BCUT2D eigenvalue weighted by Gasteiger charge is 2.21. The lowest BCUT2D eigenvalue weighted by atomic mass is 10.2. The van der Waals surface area contributed by atoms with Crippen molar-refractivity contribution in [1.29, 1.82) is 0 Å². The van der Waals surface area contributed by atoms with Crippen LogP contribution in [0.2, 0.25) is 0 Å². The molecule has 0 radical (unpaired) electrons. The molecule has 1 atom stereocenters. The quantitative estimate of drug-likeness (QED) is 0.671. The molecule has 5 nitrogen and oxygen atoms in total. The molecule has 1 unspecified atom stereocenters. The highest BCUT2D eigenvalue weighted by molar-refractivity contribution is 7.90. The predicted molar refractivity (Wildman–Crippen MR) is 80.3 cm³/mol. The van der Waals surface area contributed by atoms with Crippen LogP contribution in [0.5, 0.6) is 0 Å². The van der Waals surface area contributed by atoms with E-state index in [-0.39, 0.29) is 5.75 Å². The molecule has 0 aromatic rings. The molecule has 19 heavy (non-hydrogen) atoms. The molecule has 0 aromatic heterocycles. The zero-order chi connectivity index (χ0) is 14.3. The van der Waals surface area contributed by atoms with Crippen LogP contribution in [0.4, 0.5) is 0 Å². The van der Waals surface area contributed by atoms with Crippen LogP contribution in [0, 0.1) is 0 Å². The summed E-state index contributed by atoms with van der Waals surface area (Å²) in [5.41, 5.74) is 0. The summed E-state index contributed by atoms with van der Waals surface area (Å²) in [5.74, 6) is 0.229. The van der Waals surface area contributed by atoms with E-state index in [1.54, 1.807) is 0 Å². The largest absolute Gasteiger partial charge is 0.314 e. The molecule has 0 aliphatic carbocycles. The number of rotatable bonds is 7. The van der Waals surface area contributed by atoms with Crippen molar-refractivity contribution >= 4 is 9.84 Å². The van der Waals surface area contributed by atoms with E-state index >= 15 is 0 Å². The number of likely N-dealkylation sites (N-methyl/N-ethyl adjacent to an activating group) is 1. The summed E-state index contributed by atoms with van der Waals surface area (Å²) in [7, 11) is -0.650. The molecule has 0 aromatic carbocycles. The van der Waals surface area contributed by atoms with Crippen LogP contribution < -0.4 is 5.32 Å². The van der Waals surface area contributed by atoms with Crippen LogP contribution in [0.1, 0.15) is 19.8 Å². The molecule has 1 aliphatic heterocycles. The number of sulfone groups is 1. The lowest BCUT2D eigenvalue weighted by molar-refractivity contribution is 0.184. The Balaban J connectivity index is 2.26. The number of hydrogen-bond acceptors (Lipinski definition) is 5. The van der Waals surface area contributed by atoms with Gasteiger partial charge in [-0.25, -0.2) is 8.42 Å². The Morgan fingerprint density at radius 2 is 2.00 bits per heavy atom. The lowest BCUT2D eigenvalue weighted by Gasteiger charge is -2.30. The van der Waals surface area contributed by atoms with Gasteiger partial charge < -0.3 is 10.2 Å². The Morgan fingerprint density at radius 1 is 1.26 bits per heavy atom. The van der Waals surface area contributed by atoms with Crippen molar-refractivity contribution in [2.45, 2.75) is 25.8 Å². The molecule has 1 fully saturated rings. The molecule has 1 heterocycles. The fourth-order valence-electron chi connectivity index (χ4n) is 2.58. The Morgan fingerprint density at radius 3 is 2.63 bits per heavy atom. The minimum atomic E-state index is -2.84. The monoisotopic (exact) mass is 291 g/mol. The van der Waals surface area contributed by atoms with Crippen molar-refractivity contribution in [2.24, 2.45) is 0 Å². The van der Waals surface area contributed by atoms with Crippen molar-refractivity contribution in [1.82, 2.24) is 15.1 Å². The first kappa shape index (κ1) is 16.9. The van der Waals surface area contributed by atoms with Gasteiger partial charge in [0.25, 0.3) is 0 Å². The van der Waals surface area contributed by atoms with Gasteiger partial charge in [0.05, 0.1) is 5.75 Å². The van der Waals surface area contributed by atoms with Gasteiger partial charge in [0.1, 0.15) is 9.84 Å². The van der Waals surface area contributed by atoms with Gasteiger partial charge in [-0.1, -0.05) is 6.92 Å². The topological polar surface area (TPSA) is 52.6 Å². The fourth-order valence-corrected chi connectivity index (χ4v) is 3.09. The van der Waals surface area contributed by atoms with E-state index < -0.39 is 9.84 Å². The summed E-state index contributed by atoms with van der Waals surface area (Å²) in [6.45, 7) is 8.15. The fraction of sp³-hybridized carbons (Fsp3) is 1.00. The van der Waals surface area contributed by atoms with Gasteiger partial charge in [0, 0.05) is 38.5 Å². The van der Waals surface area contributed by atoms with Gasteiger partial charge in [-0.3, -0.25) is 4.90 Å². The van der Waals surface area contributed by atoms with Crippen molar-refractivity contribution in [3.05, 3.63) is 0 Å². The van der Waals surface area contributed by atoms with Crippen molar-refractivity contribution in [2.75, 3.05) is 58.3 Å². The standard InChI is InChI=1S/C13H29N3O2S/c1-4-13-12-15(2)8-5-9-16(13)10-6-14-7-11-19(3,17)18/h13-14H,4-12H2,1-3H3. The van der Waals surface area contributed by atoms with Crippen LogP contribution >= 0.6 is 0 Å². The summed E-state index contributed by atoms with van der Waals surface area (Å²) >= 11 is 0. The molecule has 1 N–H and O–H groups in total. The summed E-state index contributed by atoms with van der Waals surface area (Å²) in [6.07, 6.45) is 3.68. The maximum absolute atomic E-state index is 11.0. The molecule has 0 amide bonds. The molecule has 0 bridgehead atoms. The van der Waals surface area contributed by atoms with Gasteiger partial charge in [0.15, 0.2) is 0 Å². The second-order valence-corrected chi connectivity index (χ2v) is 7.85. The van der Waals surface area contributed by atoms with Crippen molar-refractivity contribution < 1.29 is 8.42 Å². The van der Waals surface area contributed by atoms with Gasteiger partial charge in [0.2, 0.25) is 0 Å². The SMILES string of the molecule is CCC1CN(C)CCCN1CCNCCS(C)(=O)=O. The number of hydrogen-bond donors (Lipinski definition) is 1. The average molecular weight is 291 g/mol. The molecular formula is C13H29N3O2S. The second kappa shape index (κ2) is 8.19. The van der Waals surface area contributed by atoms with Crippen LogP contribution in [0.25, 0.3) is 0 Å². The third-order valence-corrected chi connectivity index (χ3v) is 4.67. The maximum Gasteiger partial charge on any atom is 0.148 e. The first-order valence-electron chi connectivity index (χ1n) is 7.23. The first-order valence-corrected chi connectivity index (χ1v) is 9.29. The molecule has 0 spiro atoms. The van der Waals surface area contributed by atoms with E-state index in [1.165, 1.54) is 25.6 Å². The van der Waals surface area contributed by atoms with E-state index in [2.05, 4.69) is 29.1 Å². The van der Waals surface area contributed by atoms with E-state index in [0.717, 1.165) is 26.2 Å². The van der Waals surface area contributed by atoms with Gasteiger partial charge in [-0.2, -0.15) is 0 Å². The average Bonchev–Trinajstić information content (AvgIpc) is 2.49. The zero-order valence-electron chi connectivity index (χ0n) is 12.6. The van der Waals surface area contributed by atoms with E-state index in [4.69, 9.17) is 0 Å². The third kappa shape index (κ3) is 7.25. The minimum absolute atomic E-state index is 0.229. The lowest BCUT2D eigenvalue weighted by Crippen LogP contribution is -2.43. The smallest absolute Gasteiger partial charge is 0.148 e. The highest BCUT2D eigenvalue weighted by Crippen LogP contribution is 2.10. The number of nitrogens with zero attached hydrogens (tertiary/aromatic N) is 2. The summed E-state index contributed by atoms with van der Waals surface area (Å²) in [4.78, 5) is 4.95. The molecule has 0 saturated carbocycles. The Labute approximate surface area is 118 Å². The zero-order valence-corrected chi connectivity index (χ0v) is 13.4. The predicted octanol–water partition coefficient (Wildman–Crippen LogP) is 0.0367. The van der Waals surface area contributed by atoms with Crippen LogP contribution in [0.15, 0.2) is 0 Å². The summed E-state index contributed by atoms with van der Waals surface area (Å²) < 4.78 is 22.0. The maximum atomic E-state index is 11.0. The molecule has 114 valence electrons. The number of nitrogens with one attached hydrogen (secondary N) is 1. The Kier molecular flexibility index (Phi) is 7.28. The molecule has 6 heteroatoms. The van der Waals surface area contributed by atoms with Crippen LogP contribution in [-0.4, -0.2) is 82.6 Å². The van der Waals surface area contributed by atoms with E-state index in [9.17, 15) is 8.42 Å². The Bertz CT molecular complexity index is 346. The second-order valence-electron chi connectivity index (χ2n) is 5.59. The van der Waals surface area contributed by atoms with Crippen molar-refractivity contribution in [3.63, 3.8) is 0 Å².